The van der Waals surface area contributed by atoms with Crippen molar-refractivity contribution in [2.24, 2.45) is 5.92 Å². The standard InChI is InChI=1S/C49H55N5O10S/c1-35(2)31-42(52-48(58)63-34-37-21-11-5-12-22-37)46(56)51-43(32-36-19-9-4-10-20-36)47(57)50-41(44(33-54(59)60)64-65(3,61)62)29-30-45(55)53-49(38-23-13-6-14-24-38,39-25-15-7-16-26-39)40-27-17-8-18-28-40/h4-28,35,41-44H,29-34H2,1-3H3,(H,50,57)(H,51,56)(H,52,58)(H,53,55)/t41-,42-,43-,44?/m0/s1. The number of hydrogen-bond acceptors (Lipinski definition) is 10. The molecule has 0 radical (unpaired) electrons. The third-order valence-electron chi connectivity index (χ3n) is 10.5. The first-order valence-electron chi connectivity index (χ1n) is 21.2. The summed E-state index contributed by atoms with van der Waals surface area (Å²) >= 11 is 0. The van der Waals surface area contributed by atoms with Crippen LogP contribution in [0, 0.1) is 16.0 Å². The van der Waals surface area contributed by atoms with Crippen molar-refractivity contribution in [3.05, 3.63) is 190 Å². The largest absolute Gasteiger partial charge is 0.445 e. The molecule has 0 bridgehead atoms. The monoisotopic (exact) mass is 905 g/mol. The average Bonchev–Trinajstić information content (AvgIpc) is 3.29. The van der Waals surface area contributed by atoms with Crippen LogP contribution in [0.1, 0.15) is 60.9 Å². The highest BCUT2D eigenvalue weighted by Crippen LogP contribution is 2.37. The fourth-order valence-corrected chi connectivity index (χ4v) is 8.16. The molecule has 15 nitrogen and oxygen atoms in total. The molecule has 4 N–H and O–H groups in total. The summed E-state index contributed by atoms with van der Waals surface area (Å²) < 4.78 is 35.8. The first kappa shape index (κ1) is 49.1. The van der Waals surface area contributed by atoms with Crippen molar-refractivity contribution in [2.45, 2.75) is 75.9 Å². The van der Waals surface area contributed by atoms with E-state index in [2.05, 4.69) is 21.3 Å². The average molecular weight is 906 g/mol. The van der Waals surface area contributed by atoms with Gasteiger partial charge in [-0.1, -0.05) is 166 Å². The lowest BCUT2D eigenvalue weighted by atomic mass is 9.77. The normalized spacial score (nSPS) is 13.4. The van der Waals surface area contributed by atoms with Crippen LogP contribution in [0.5, 0.6) is 0 Å². The van der Waals surface area contributed by atoms with Gasteiger partial charge in [0.05, 0.1) is 12.3 Å². The molecule has 5 aromatic carbocycles. The molecule has 0 aliphatic heterocycles. The topological polar surface area (TPSA) is 212 Å². The molecule has 0 aliphatic rings. The molecule has 5 aromatic rings. The van der Waals surface area contributed by atoms with Crippen molar-refractivity contribution >= 4 is 33.9 Å². The smallest absolute Gasteiger partial charge is 0.408 e. The number of alkyl carbamates (subject to hydrolysis) is 1. The number of nitro groups is 1. The molecule has 0 fully saturated rings. The summed E-state index contributed by atoms with van der Waals surface area (Å²) in [5.41, 5.74) is 2.34. The van der Waals surface area contributed by atoms with Gasteiger partial charge in [0.15, 0.2) is 6.10 Å². The number of nitrogens with zero attached hydrogens (tertiary/aromatic N) is 1. The number of hydrogen-bond donors (Lipinski definition) is 4. The lowest BCUT2D eigenvalue weighted by molar-refractivity contribution is -0.489. The summed E-state index contributed by atoms with van der Waals surface area (Å²) in [6.45, 7) is 2.61. The van der Waals surface area contributed by atoms with Gasteiger partial charge in [-0.25, -0.2) is 4.79 Å². The highest BCUT2D eigenvalue weighted by Gasteiger charge is 2.39. The van der Waals surface area contributed by atoms with Crippen molar-refractivity contribution in [2.75, 3.05) is 12.8 Å². The van der Waals surface area contributed by atoms with Crippen LogP contribution >= 0.6 is 0 Å². The summed E-state index contributed by atoms with van der Waals surface area (Å²) in [7, 11) is -4.35. The highest BCUT2D eigenvalue weighted by molar-refractivity contribution is 7.86. The van der Waals surface area contributed by atoms with E-state index in [1.165, 1.54) is 0 Å². The van der Waals surface area contributed by atoms with Gasteiger partial charge in [-0.2, -0.15) is 8.42 Å². The van der Waals surface area contributed by atoms with Crippen LogP contribution in [0.25, 0.3) is 0 Å². The molecule has 0 aliphatic carbocycles. The summed E-state index contributed by atoms with van der Waals surface area (Å²) in [4.78, 5) is 67.1. The number of nitrogens with one attached hydrogen (secondary N) is 4. The lowest BCUT2D eigenvalue weighted by Crippen LogP contribution is -2.58. The molecule has 5 rings (SSSR count). The zero-order chi connectivity index (χ0) is 46.8. The van der Waals surface area contributed by atoms with Gasteiger partial charge in [-0.15, -0.1) is 0 Å². The Morgan fingerprint density at radius 3 is 1.58 bits per heavy atom. The van der Waals surface area contributed by atoms with E-state index in [0.29, 0.717) is 5.56 Å². The molecule has 0 aromatic heterocycles. The summed E-state index contributed by atoms with van der Waals surface area (Å²) in [6.07, 6.45) is -2.47. The van der Waals surface area contributed by atoms with Crippen molar-refractivity contribution in [3.63, 3.8) is 0 Å². The molecule has 0 saturated carbocycles. The first-order chi connectivity index (χ1) is 31.1. The second-order valence-corrected chi connectivity index (χ2v) is 17.6. The molecule has 4 atom stereocenters. The van der Waals surface area contributed by atoms with Crippen LogP contribution in [-0.2, 0) is 52.0 Å². The third-order valence-corrected chi connectivity index (χ3v) is 11.1. The van der Waals surface area contributed by atoms with Gasteiger partial charge in [-0.3, -0.25) is 28.7 Å². The molecule has 65 heavy (non-hydrogen) atoms. The van der Waals surface area contributed by atoms with E-state index in [0.717, 1.165) is 28.5 Å². The van der Waals surface area contributed by atoms with Crippen LogP contribution < -0.4 is 21.3 Å². The quantitative estimate of drug-likeness (QED) is 0.0258. The zero-order valence-electron chi connectivity index (χ0n) is 36.5. The van der Waals surface area contributed by atoms with E-state index < -0.39 is 75.2 Å². The van der Waals surface area contributed by atoms with E-state index in [1.807, 2.05) is 111 Å². The fourth-order valence-electron chi connectivity index (χ4n) is 7.51. The predicted octanol–water partition coefficient (Wildman–Crippen LogP) is 6.05. The minimum atomic E-state index is -4.35. The van der Waals surface area contributed by atoms with Crippen LogP contribution in [0.3, 0.4) is 0 Å². The minimum absolute atomic E-state index is 0.0479. The molecule has 342 valence electrons. The number of rotatable bonds is 23. The SMILES string of the molecule is CC(C)C[C@H](NC(=O)OCc1ccccc1)C(=O)N[C@@H](Cc1ccccc1)C(=O)N[C@@H](CCC(=O)NC(c1ccccc1)(c1ccccc1)c1ccccc1)C(C[N+](=O)[O-])OS(C)(=O)=O. The van der Waals surface area contributed by atoms with E-state index >= 15 is 0 Å². The zero-order valence-corrected chi connectivity index (χ0v) is 37.3. The Labute approximate surface area is 379 Å². The van der Waals surface area contributed by atoms with Crippen LogP contribution in [0.2, 0.25) is 0 Å². The third kappa shape index (κ3) is 15.1. The highest BCUT2D eigenvalue weighted by atomic mass is 32.2. The Balaban J connectivity index is 1.44. The van der Waals surface area contributed by atoms with Gasteiger partial charge in [0.1, 0.15) is 24.2 Å². The maximum atomic E-state index is 14.5. The Bertz CT molecular complexity index is 2330. The maximum Gasteiger partial charge on any atom is 0.408 e. The fraction of sp³-hybridized carbons (Fsp3) is 0.306. The summed E-state index contributed by atoms with van der Waals surface area (Å²) in [5, 5.41) is 23.3. The molecule has 4 amide bonds. The molecule has 0 spiro atoms. The first-order valence-corrected chi connectivity index (χ1v) is 23.0. The van der Waals surface area contributed by atoms with Gasteiger partial charge >= 0.3 is 6.09 Å². The van der Waals surface area contributed by atoms with Gasteiger partial charge in [0.25, 0.3) is 10.1 Å². The van der Waals surface area contributed by atoms with Crippen molar-refractivity contribution < 1.29 is 41.4 Å². The van der Waals surface area contributed by atoms with E-state index in [-0.39, 0.29) is 38.2 Å². The van der Waals surface area contributed by atoms with E-state index in [9.17, 15) is 37.7 Å². The van der Waals surface area contributed by atoms with Crippen molar-refractivity contribution in [3.8, 4) is 0 Å². The van der Waals surface area contributed by atoms with E-state index in [4.69, 9.17) is 8.92 Å². The molecular formula is C49H55N5O10S. The number of carbonyl (C=O) groups is 4. The van der Waals surface area contributed by atoms with Crippen LogP contribution in [-0.4, -0.2) is 74.2 Å². The summed E-state index contributed by atoms with van der Waals surface area (Å²) in [6, 6.07) is 41.7. The number of amides is 4. The minimum Gasteiger partial charge on any atom is -0.445 e. The van der Waals surface area contributed by atoms with Gasteiger partial charge in [0, 0.05) is 17.8 Å². The van der Waals surface area contributed by atoms with Crippen LogP contribution in [0.15, 0.2) is 152 Å². The number of carbonyl (C=O) groups excluding carboxylic acids is 4. The van der Waals surface area contributed by atoms with E-state index in [1.54, 1.807) is 54.6 Å². The molecule has 1 unspecified atom stereocenters. The van der Waals surface area contributed by atoms with Crippen LogP contribution in [0.4, 0.5) is 4.79 Å². The molecule has 0 saturated heterocycles. The lowest BCUT2D eigenvalue weighted by Gasteiger charge is -2.37. The number of ether oxygens (including phenoxy) is 1. The number of benzene rings is 5. The Hall–Kier alpha value is -6.91. The second kappa shape index (κ2) is 23.7. The van der Waals surface area contributed by atoms with Gasteiger partial charge in [0.2, 0.25) is 24.3 Å². The van der Waals surface area contributed by atoms with Gasteiger partial charge in [-0.05, 0) is 46.6 Å². The second-order valence-electron chi connectivity index (χ2n) is 16.0. The Kier molecular flexibility index (Phi) is 17.9. The van der Waals surface area contributed by atoms with Crippen molar-refractivity contribution in [1.82, 2.24) is 21.3 Å². The molecule has 0 heterocycles. The molecule has 16 heteroatoms. The predicted molar refractivity (Wildman–Crippen MR) is 245 cm³/mol. The Morgan fingerprint density at radius 2 is 1.12 bits per heavy atom. The summed E-state index contributed by atoms with van der Waals surface area (Å²) in [5.74, 6) is -2.18. The van der Waals surface area contributed by atoms with Gasteiger partial charge < -0.3 is 26.0 Å². The molecular weight excluding hydrogens is 851 g/mol. The Morgan fingerprint density at radius 1 is 0.662 bits per heavy atom. The maximum absolute atomic E-state index is 14.5. The van der Waals surface area contributed by atoms with Crippen molar-refractivity contribution in [1.29, 1.82) is 0 Å².